The molecule has 5 nitrogen and oxygen atoms in total. The van der Waals surface area contributed by atoms with Crippen molar-refractivity contribution in [1.29, 1.82) is 0 Å². The molecule has 2 heterocycles. The van der Waals surface area contributed by atoms with Crippen LogP contribution in [0.3, 0.4) is 0 Å². The van der Waals surface area contributed by atoms with Gasteiger partial charge >= 0.3 is 0 Å². The van der Waals surface area contributed by atoms with Crippen LogP contribution in [0, 0.1) is 0 Å². The van der Waals surface area contributed by atoms with Crippen LogP contribution in [0.1, 0.15) is 24.9 Å². The summed E-state index contributed by atoms with van der Waals surface area (Å²) in [6.45, 7) is 2.13. The monoisotopic (exact) mass is 341 g/mol. The molecule has 1 aromatic carbocycles. The van der Waals surface area contributed by atoms with Gasteiger partial charge in [-0.3, -0.25) is 4.98 Å². The Kier molecular flexibility index (Phi) is 4.49. The predicted molar refractivity (Wildman–Crippen MR) is 93.4 cm³/mol. The molecule has 0 aliphatic heterocycles. The van der Waals surface area contributed by atoms with E-state index in [1.807, 2.05) is 18.3 Å². The van der Waals surface area contributed by atoms with Gasteiger partial charge in [0.05, 0.1) is 10.9 Å². The first-order valence-electron chi connectivity index (χ1n) is 7.74. The molecular formula is C18H19N3O2S. The molecule has 0 aliphatic carbocycles. The number of sulfone groups is 1. The van der Waals surface area contributed by atoms with E-state index in [9.17, 15) is 8.42 Å². The molecule has 0 spiro atoms. The van der Waals surface area contributed by atoms with Crippen LogP contribution in [0.5, 0.6) is 0 Å². The number of nitrogens with zero attached hydrogens (tertiary/aromatic N) is 3. The molecule has 3 rings (SSSR count). The number of pyridine rings is 1. The highest BCUT2D eigenvalue weighted by atomic mass is 32.2. The lowest BCUT2D eigenvalue weighted by Crippen LogP contribution is -2.10. The fourth-order valence-corrected chi connectivity index (χ4v) is 3.45. The Morgan fingerprint density at radius 2 is 1.71 bits per heavy atom. The molecule has 124 valence electrons. The van der Waals surface area contributed by atoms with Crippen LogP contribution in [-0.2, 0) is 9.84 Å². The summed E-state index contributed by atoms with van der Waals surface area (Å²) < 4.78 is 25.3. The second kappa shape index (κ2) is 6.57. The lowest BCUT2D eigenvalue weighted by molar-refractivity contribution is 0.571. The van der Waals surface area contributed by atoms with E-state index in [-0.39, 0.29) is 6.04 Å². The van der Waals surface area contributed by atoms with Crippen molar-refractivity contribution in [3.63, 3.8) is 0 Å². The van der Waals surface area contributed by atoms with Crippen LogP contribution in [0.25, 0.3) is 11.4 Å². The Morgan fingerprint density at radius 1 is 1.04 bits per heavy atom. The summed E-state index contributed by atoms with van der Waals surface area (Å²) >= 11 is 0. The number of hydrogen-bond acceptors (Lipinski definition) is 4. The van der Waals surface area contributed by atoms with E-state index in [0.717, 1.165) is 17.8 Å². The summed E-state index contributed by atoms with van der Waals surface area (Å²) in [6.07, 6.45) is 9.41. The second-order valence-corrected chi connectivity index (χ2v) is 7.67. The van der Waals surface area contributed by atoms with E-state index in [4.69, 9.17) is 0 Å². The van der Waals surface area contributed by atoms with Crippen molar-refractivity contribution in [3.8, 4) is 11.4 Å². The fourth-order valence-electron chi connectivity index (χ4n) is 2.82. The summed E-state index contributed by atoms with van der Waals surface area (Å²) in [7, 11) is -3.20. The highest BCUT2D eigenvalue weighted by Gasteiger charge is 2.16. The molecular weight excluding hydrogens is 322 g/mol. The normalized spacial score (nSPS) is 12.9. The topological polar surface area (TPSA) is 64.8 Å². The van der Waals surface area contributed by atoms with Crippen molar-refractivity contribution in [2.45, 2.75) is 24.3 Å². The Hall–Kier alpha value is -2.47. The quantitative estimate of drug-likeness (QED) is 0.714. The minimum atomic E-state index is -3.20. The predicted octanol–water partition coefficient (Wildman–Crippen LogP) is 3.35. The van der Waals surface area contributed by atoms with Crippen molar-refractivity contribution >= 4 is 9.84 Å². The van der Waals surface area contributed by atoms with E-state index in [1.165, 1.54) is 11.8 Å². The average molecular weight is 341 g/mol. The largest absolute Gasteiger partial charge is 0.324 e. The first-order chi connectivity index (χ1) is 11.5. The molecule has 0 bridgehead atoms. The Balaban J connectivity index is 2.01. The third-order valence-electron chi connectivity index (χ3n) is 4.02. The van der Waals surface area contributed by atoms with Gasteiger partial charge in [-0.25, -0.2) is 13.4 Å². The van der Waals surface area contributed by atoms with Gasteiger partial charge < -0.3 is 4.57 Å². The van der Waals surface area contributed by atoms with Gasteiger partial charge in [-0.05, 0) is 48.4 Å². The number of hydrogen-bond donors (Lipinski definition) is 0. The van der Waals surface area contributed by atoms with Crippen molar-refractivity contribution in [2.24, 2.45) is 0 Å². The molecule has 0 N–H and O–H groups in total. The summed E-state index contributed by atoms with van der Waals surface area (Å²) in [5.41, 5.74) is 2.06. The molecule has 6 heteroatoms. The molecule has 0 amide bonds. The zero-order chi connectivity index (χ0) is 17.2. The molecule has 0 radical (unpaired) electrons. The smallest absolute Gasteiger partial charge is 0.175 e. The molecule has 1 unspecified atom stereocenters. The SMILES string of the molecule is CCC(c1ccncc1)n1ccnc1-c1ccc(S(C)(=O)=O)cc1. The van der Waals surface area contributed by atoms with Crippen molar-refractivity contribution < 1.29 is 8.42 Å². The van der Waals surface area contributed by atoms with Crippen molar-refractivity contribution in [1.82, 2.24) is 14.5 Å². The molecule has 3 aromatic rings. The highest BCUT2D eigenvalue weighted by molar-refractivity contribution is 7.90. The lowest BCUT2D eigenvalue weighted by Gasteiger charge is -2.20. The number of benzene rings is 1. The van der Waals surface area contributed by atoms with E-state index in [2.05, 4.69) is 21.5 Å². The average Bonchev–Trinajstić information content (AvgIpc) is 3.05. The van der Waals surface area contributed by atoms with Crippen LogP contribution in [0.2, 0.25) is 0 Å². The second-order valence-electron chi connectivity index (χ2n) is 5.66. The van der Waals surface area contributed by atoms with Gasteiger partial charge in [0.25, 0.3) is 0 Å². The van der Waals surface area contributed by atoms with E-state index in [1.54, 1.807) is 42.9 Å². The van der Waals surface area contributed by atoms with Crippen LogP contribution in [-0.4, -0.2) is 29.2 Å². The highest BCUT2D eigenvalue weighted by Crippen LogP contribution is 2.28. The van der Waals surface area contributed by atoms with E-state index >= 15 is 0 Å². The van der Waals surface area contributed by atoms with Crippen molar-refractivity contribution in [2.75, 3.05) is 6.26 Å². The fraction of sp³-hybridized carbons (Fsp3) is 0.222. The maximum Gasteiger partial charge on any atom is 0.175 e. The third-order valence-corrected chi connectivity index (χ3v) is 5.15. The molecule has 0 saturated carbocycles. The summed E-state index contributed by atoms with van der Waals surface area (Å²) in [5.74, 6) is 0.818. The Morgan fingerprint density at radius 3 is 2.29 bits per heavy atom. The van der Waals surface area contributed by atoms with Crippen LogP contribution >= 0.6 is 0 Å². The summed E-state index contributed by atoms with van der Waals surface area (Å²) in [5, 5.41) is 0. The first kappa shape index (κ1) is 16.4. The third kappa shape index (κ3) is 3.23. The van der Waals surface area contributed by atoms with Gasteiger partial charge in [0.1, 0.15) is 5.82 Å². The number of aromatic nitrogens is 3. The number of imidazole rings is 1. The van der Waals surface area contributed by atoms with E-state index in [0.29, 0.717) is 4.90 Å². The zero-order valence-electron chi connectivity index (χ0n) is 13.6. The van der Waals surface area contributed by atoms with Crippen LogP contribution in [0.15, 0.2) is 66.1 Å². The van der Waals surface area contributed by atoms with Gasteiger partial charge in [-0.2, -0.15) is 0 Å². The van der Waals surface area contributed by atoms with Gasteiger partial charge in [-0.1, -0.05) is 6.92 Å². The number of rotatable bonds is 5. The molecule has 2 aromatic heterocycles. The first-order valence-corrected chi connectivity index (χ1v) is 9.63. The zero-order valence-corrected chi connectivity index (χ0v) is 14.4. The van der Waals surface area contributed by atoms with Gasteiger partial charge in [-0.15, -0.1) is 0 Å². The standard InChI is InChI=1S/C18H19N3O2S/c1-3-17(14-8-10-19-11-9-14)21-13-12-20-18(21)15-4-6-16(7-5-15)24(2,22)23/h4-13,17H,3H2,1-2H3. The molecule has 1 atom stereocenters. The molecule has 0 aliphatic rings. The Bertz CT molecular complexity index is 916. The summed E-state index contributed by atoms with van der Waals surface area (Å²) in [6, 6.07) is 11.0. The molecule has 0 saturated heterocycles. The lowest BCUT2D eigenvalue weighted by atomic mass is 10.1. The van der Waals surface area contributed by atoms with Crippen LogP contribution in [0.4, 0.5) is 0 Å². The maximum atomic E-state index is 11.6. The molecule has 0 fully saturated rings. The van der Waals surface area contributed by atoms with Gasteiger partial charge in [0.15, 0.2) is 9.84 Å². The minimum absolute atomic E-state index is 0.153. The van der Waals surface area contributed by atoms with Gasteiger partial charge in [0.2, 0.25) is 0 Å². The Labute approximate surface area is 141 Å². The van der Waals surface area contributed by atoms with E-state index < -0.39 is 9.84 Å². The maximum absolute atomic E-state index is 11.6. The van der Waals surface area contributed by atoms with Crippen molar-refractivity contribution in [3.05, 3.63) is 66.7 Å². The minimum Gasteiger partial charge on any atom is -0.324 e. The summed E-state index contributed by atoms with van der Waals surface area (Å²) in [4.78, 5) is 8.86. The molecule has 24 heavy (non-hydrogen) atoms. The van der Waals surface area contributed by atoms with Crippen LogP contribution < -0.4 is 0 Å². The van der Waals surface area contributed by atoms with Gasteiger partial charge in [0, 0.05) is 36.6 Å².